The van der Waals surface area contributed by atoms with Crippen molar-refractivity contribution in [3.63, 3.8) is 0 Å². The molecule has 0 atom stereocenters. The number of quaternary nitrogens is 1. The highest BCUT2D eigenvalue weighted by Crippen LogP contribution is 2.15. The lowest BCUT2D eigenvalue weighted by Gasteiger charge is -2.36. The van der Waals surface area contributed by atoms with E-state index in [0.717, 1.165) is 25.7 Å². The number of carbonyl (C=O) groups excluding carboxylic acids is 1. The second-order valence-corrected chi connectivity index (χ2v) is 10.4. The lowest BCUT2D eigenvalue weighted by molar-refractivity contribution is -0.909. The van der Waals surface area contributed by atoms with Gasteiger partial charge in [-0.25, -0.2) is 9.59 Å². The van der Waals surface area contributed by atoms with Gasteiger partial charge in [0.15, 0.2) is 13.1 Å². The fourth-order valence-electron chi connectivity index (χ4n) is 4.83. The summed E-state index contributed by atoms with van der Waals surface area (Å²) in [5.74, 6) is -3.82. The first kappa shape index (κ1) is 34.1. The standard InChI is InChI=1S/C29H53NO6/c1-2-3-4-5-6-7-8-9-10-11-12-13-14-15-16-17-18-19-20-21-22-23-30(24-27(31)32,25-28(33)34)26-29(35)36/h11-12H,2-10,13-26H2,1H3,(H2-,31,32,33,34,35,36)/b12-11+. The molecule has 0 amide bonds. The second-order valence-electron chi connectivity index (χ2n) is 10.4. The molecule has 0 aliphatic carbocycles. The molecule has 7 nitrogen and oxygen atoms in total. The van der Waals surface area contributed by atoms with Crippen LogP contribution in [0.2, 0.25) is 0 Å². The van der Waals surface area contributed by atoms with E-state index < -0.39 is 42.0 Å². The first-order valence-electron chi connectivity index (χ1n) is 14.4. The molecule has 210 valence electrons. The highest BCUT2D eigenvalue weighted by atomic mass is 16.4. The summed E-state index contributed by atoms with van der Waals surface area (Å²) < 4.78 is -0.499. The van der Waals surface area contributed by atoms with E-state index in [1.807, 2.05) is 0 Å². The van der Waals surface area contributed by atoms with Gasteiger partial charge in [0.05, 0.1) is 12.5 Å². The number of carbonyl (C=O) groups is 3. The van der Waals surface area contributed by atoms with E-state index in [-0.39, 0.29) is 6.54 Å². The summed E-state index contributed by atoms with van der Waals surface area (Å²) in [4.78, 5) is 33.4. The Kier molecular flexibility index (Phi) is 22.3. The molecule has 0 heterocycles. The predicted molar refractivity (Wildman–Crippen MR) is 143 cm³/mol. The maximum atomic E-state index is 11.2. The Morgan fingerprint density at radius 3 is 1.31 bits per heavy atom. The molecule has 0 aliphatic heterocycles. The van der Waals surface area contributed by atoms with Gasteiger partial charge in [0.1, 0.15) is 6.54 Å². The number of nitrogens with zero attached hydrogens (tertiary/aromatic N) is 1. The fraction of sp³-hybridized carbons (Fsp3) is 0.828. The second kappa shape index (κ2) is 23.5. The van der Waals surface area contributed by atoms with Crippen LogP contribution in [0.25, 0.3) is 0 Å². The number of hydrogen-bond donors (Lipinski definition) is 2. The molecular weight excluding hydrogens is 458 g/mol. The molecular formula is C29H53NO6. The summed E-state index contributed by atoms with van der Waals surface area (Å²) in [7, 11) is 0. The van der Waals surface area contributed by atoms with E-state index in [1.54, 1.807) is 0 Å². The van der Waals surface area contributed by atoms with Crippen LogP contribution in [0, 0.1) is 0 Å². The number of carboxylic acids is 3. The monoisotopic (exact) mass is 511 g/mol. The highest BCUT2D eigenvalue weighted by Gasteiger charge is 2.33. The summed E-state index contributed by atoms with van der Waals surface area (Å²) in [6, 6.07) is 0. The molecule has 0 spiro atoms. The molecule has 7 heteroatoms. The van der Waals surface area contributed by atoms with E-state index in [0.29, 0.717) is 6.42 Å². The van der Waals surface area contributed by atoms with Gasteiger partial charge in [0.2, 0.25) is 0 Å². The molecule has 2 N–H and O–H groups in total. The molecule has 0 aromatic heterocycles. The normalized spacial score (nSPS) is 11.8. The van der Waals surface area contributed by atoms with Crippen molar-refractivity contribution in [2.45, 2.75) is 129 Å². The Balaban J connectivity index is 3.70. The third-order valence-corrected chi connectivity index (χ3v) is 6.80. The number of carboxylic acid groups (broad SMARTS) is 3. The Bertz CT molecular complexity index is 564. The maximum Gasteiger partial charge on any atom is 0.359 e. The molecule has 0 saturated heterocycles. The summed E-state index contributed by atoms with van der Waals surface area (Å²) in [5, 5.41) is 29.3. The quantitative estimate of drug-likeness (QED) is 0.0829. The molecule has 0 aromatic carbocycles. The molecule has 0 unspecified atom stereocenters. The van der Waals surface area contributed by atoms with Crippen LogP contribution in [0.1, 0.15) is 129 Å². The van der Waals surface area contributed by atoms with Crippen LogP contribution in [0.15, 0.2) is 12.2 Å². The highest BCUT2D eigenvalue weighted by molar-refractivity contribution is 5.72. The van der Waals surface area contributed by atoms with Crippen molar-refractivity contribution in [1.82, 2.24) is 0 Å². The van der Waals surface area contributed by atoms with Crippen LogP contribution in [-0.2, 0) is 14.4 Å². The van der Waals surface area contributed by atoms with Gasteiger partial charge >= 0.3 is 11.9 Å². The zero-order chi connectivity index (χ0) is 26.9. The van der Waals surface area contributed by atoms with E-state index in [9.17, 15) is 19.5 Å². The third-order valence-electron chi connectivity index (χ3n) is 6.80. The smallest absolute Gasteiger partial charge is 0.359 e. The zero-order valence-electron chi connectivity index (χ0n) is 22.9. The minimum absolute atomic E-state index is 0.221. The number of unbranched alkanes of at least 4 members (excludes halogenated alkanes) is 17. The third kappa shape index (κ3) is 22.6. The average Bonchev–Trinajstić information content (AvgIpc) is 2.78. The fourth-order valence-corrected chi connectivity index (χ4v) is 4.83. The van der Waals surface area contributed by atoms with Crippen LogP contribution in [0.5, 0.6) is 0 Å². The summed E-state index contributed by atoms with van der Waals surface area (Å²) in [5.41, 5.74) is 0. The van der Waals surface area contributed by atoms with Crippen LogP contribution in [0.3, 0.4) is 0 Å². The summed E-state index contributed by atoms with van der Waals surface area (Å²) in [6.07, 6.45) is 27.7. The molecule has 0 radical (unpaired) electrons. The topological polar surface area (TPSA) is 115 Å². The Morgan fingerprint density at radius 1 is 0.583 bits per heavy atom. The molecule has 0 aliphatic rings. The number of hydrogen-bond acceptors (Lipinski definition) is 4. The van der Waals surface area contributed by atoms with Crippen molar-refractivity contribution in [1.29, 1.82) is 0 Å². The minimum Gasteiger partial charge on any atom is -0.544 e. The van der Waals surface area contributed by atoms with Crippen molar-refractivity contribution >= 4 is 17.9 Å². The van der Waals surface area contributed by atoms with Crippen molar-refractivity contribution < 1.29 is 34.2 Å². The Hall–Kier alpha value is -1.89. The molecule has 0 rings (SSSR count). The van der Waals surface area contributed by atoms with E-state index >= 15 is 0 Å². The molecule has 0 fully saturated rings. The van der Waals surface area contributed by atoms with Gasteiger partial charge in [-0.05, 0) is 38.5 Å². The molecule has 0 bridgehead atoms. The van der Waals surface area contributed by atoms with Crippen molar-refractivity contribution in [2.24, 2.45) is 0 Å². The maximum absolute atomic E-state index is 11.2. The van der Waals surface area contributed by atoms with E-state index in [4.69, 9.17) is 10.2 Å². The van der Waals surface area contributed by atoms with Crippen LogP contribution in [0.4, 0.5) is 0 Å². The zero-order valence-corrected chi connectivity index (χ0v) is 22.9. The van der Waals surface area contributed by atoms with Crippen molar-refractivity contribution in [3.8, 4) is 0 Å². The van der Waals surface area contributed by atoms with Gasteiger partial charge in [-0.2, -0.15) is 0 Å². The van der Waals surface area contributed by atoms with Crippen LogP contribution >= 0.6 is 0 Å². The van der Waals surface area contributed by atoms with E-state index in [2.05, 4.69) is 19.1 Å². The summed E-state index contributed by atoms with van der Waals surface area (Å²) in [6.45, 7) is 0.853. The SMILES string of the molecule is CCCCCCCCCC/C=C/CCCCCCCCCCC[N+](CC(=O)[O-])(CC(=O)O)CC(=O)O. The number of aliphatic carboxylic acids is 3. The predicted octanol–water partition coefficient (Wildman–Crippen LogP) is 5.71. The number of allylic oxidation sites excluding steroid dienone is 2. The van der Waals surface area contributed by atoms with Gasteiger partial charge in [-0.15, -0.1) is 0 Å². The van der Waals surface area contributed by atoms with Crippen LogP contribution in [-0.4, -0.2) is 58.8 Å². The van der Waals surface area contributed by atoms with Gasteiger partial charge in [0, 0.05) is 0 Å². The van der Waals surface area contributed by atoms with Gasteiger partial charge in [-0.3, -0.25) is 0 Å². The first-order chi connectivity index (χ1) is 17.3. The van der Waals surface area contributed by atoms with Crippen LogP contribution < -0.4 is 5.11 Å². The number of rotatable bonds is 27. The molecule has 36 heavy (non-hydrogen) atoms. The average molecular weight is 512 g/mol. The lowest BCUT2D eigenvalue weighted by Crippen LogP contribution is -2.59. The van der Waals surface area contributed by atoms with E-state index in [1.165, 1.54) is 89.9 Å². The van der Waals surface area contributed by atoms with Gasteiger partial charge in [0.25, 0.3) is 0 Å². The minimum atomic E-state index is -1.42. The summed E-state index contributed by atoms with van der Waals surface area (Å²) >= 11 is 0. The van der Waals surface area contributed by atoms with Crippen molar-refractivity contribution in [3.05, 3.63) is 12.2 Å². The van der Waals surface area contributed by atoms with Gasteiger partial charge in [-0.1, -0.05) is 103 Å². The van der Waals surface area contributed by atoms with Crippen molar-refractivity contribution in [2.75, 3.05) is 26.2 Å². The van der Waals surface area contributed by atoms with Gasteiger partial charge < -0.3 is 24.6 Å². The molecule has 0 aromatic rings. The Morgan fingerprint density at radius 2 is 0.944 bits per heavy atom. The molecule has 0 saturated carbocycles. The lowest BCUT2D eigenvalue weighted by atomic mass is 10.1. The Labute approximate surface area is 219 Å². The first-order valence-corrected chi connectivity index (χ1v) is 14.4. The largest absolute Gasteiger partial charge is 0.544 e.